The summed E-state index contributed by atoms with van der Waals surface area (Å²) in [6, 6.07) is 4.92. The zero-order valence-electron chi connectivity index (χ0n) is 9.94. The lowest BCUT2D eigenvalue weighted by molar-refractivity contribution is 0.299. The van der Waals surface area contributed by atoms with Crippen molar-refractivity contribution in [3.05, 3.63) is 39.5 Å². The van der Waals surface area contributed by atoms with Crippen LogP contribution in [0.3, 0.4) is 0 Å². The molecule has 0 aliphatic rings. The summed E-state index contributed by atoms with van der Waals surface area (Å²) in [6.07, 6.45) is 2.60. The number of aromatic nitrogens is 2. The Morgan fingerprint density at radius 3 is 2.58 bits per heavy atom. The number of nitrogens with two attached hydrogens (primary N) is 1. The van der Waals surface area contributed by atoms with Gasteiger partial charge in [-0.2, -0.15) is 5.10 Å². The van der Waals surface area contributed by atoms with Crippen molar-refractivity contribution in [2.75, 3.05) is 12.3 Å². The van der Waals surface area contributed by atoms with Crippen LogP contribution in [0.2, 0.25) is 15.1 Å². The maximum atomic E-state index is 6.00. The highest BCUT2D eigenvalue weighted by atomic mass is 35.5. The lowest BCUT2D eigenvalue weighted by Gasteiger charge is -2.09. The first-order chi connectivity index (χ1) is 9.06. The standard InChI is InChI=1S/C12H12Cl3N3O/c13-8-6-10(15)11(7-9(8)14)19-5-1-3-18-4-2-12(16)17-18/h2,4,6-7H,1,3,5H2,(H2,16,17). The van der Waals surface area contributed by atoms with Crippen molar-refractivity contribution in [1.82, 2.24) is 9.78 Å². The Morgan fingerprint density at radius 1 is 1.16 bits per heavy atom. The molecule has 4 nitrogen and oxygen atoms in total. The SMILES string of the molecule is Nc1ccn(CCCOc2cc(Cl)c(Cl)cc2Cl)n1. The first-order valence-electron chi connectivity index (χ1n) is 5.62. The van der Waals surface area contributed by atoms with Gasteiger partial charge in [-0.15, -0.1) is 0 Å². The van der Waals surface area contributed by atoms with E-state index in [0.717, 1.165) is 13.0 Å². The fourth-order valence-corrected chi connectivity index (χ4v) is 2.12. The number of hydrogen-bond donors (Lipinski definition) is 1. The van der Waals surface area contributed by atoms with E-state index < -0.39 is 0 Å². The fraction of sp³-hybridized carbons (Fsp3) is 0.250. The molecule has 1 aromatic carbocycles. The molecule has 0 aliphatic carbocycles. The Balaban J connectivity index is 1.84. The quantitative estimate of drug-likeness (QED) is 0.671. The number of hydrogen-bond acceptors (Lipinski definition) is 3. The van der Waals surface area contributed by atoms with Gasteiger partial charge in [0.1, 0.15) is 11.6 Å². The Labute approximate surface area is 126 Å². The number of benzene rings is 1. The molecule has 0 fully saturated rings. The van der Waals surface area contributed by atoms with Gasteiger partial charge in [-0.3, -0.25) is 4.68 Å². The molecule has 1 heterocycles. The zero-order valence-corrected chi connectivity index (χ0v) is 12.2. The molecule has 19 heavy (non-hydrogen) atoms. The first kappa shape index (κ1) is 14.3. The van der Waals surface area contributed by atoms with E-state index in [1.165, 1.54) is 0 Å². The molecule has 2 aromatic rings. The molecule has 2 N–H and O–H groups in total. The van der Waals surface area contributed by atoms with Crippen molar-refractivity contribution >= 4 is 40.6 Å². The van der Waals surface area contributed by atoms with E-state index in [2.05, 4.69) is 5.10 Å². The second kappa shape index (κ2) is 6.37. The van der Waals surface area contributed by atoms with E-state index in [4.69, 9.17) is 45.3 Å². The normalized spacial score (nSPS) is 10.7. The van der Waals surface area contributed by atoms with Crippen LogP contribution in [0.5, 0.6) is 5.75 Å². The minimum Gasteiger partial charge on any atom is -0.492 e. The molecule has 0 unspecified atom stereocenters. The maximum Gasteiger partial charge on any atom is 0.145 e. The highest BCUT2D eigenvalue weighted by Gasteiger charge is 2.07. The topological polar surface area (TPSA) is 53.1 Å². The molecule has 7 heteroatoms. The Hall–Kier alpha value is -1.10. The first-order valence-corrected chi connectivity index (χ1v) is 6.76. The summed E-state index contributed by atoms with van der Waals surface area (Å²) in [5.41, 5.74) is 5.52. The predicted molar refractivity (Wildman–Crippen MR) is 78.2 cm³/mol. The molecule has 0 saturated heterocycles. The summed E-state index contributed by atoms with van der Waals surface area (Å²) in [5.74, 6) is 1.03. The highest BCUT2D eigenvalue weighted by molar-refractivity contribution is 6.43. The van der Waals surface area contributed by atoms with Crippen LogP contribution in [0, 0.1) is 0 Å². The van der Waals surface area contributed by atoms with Crippen LogP contribution in [0.4, 0.5) is 5.82 Å². The van der Waals surface area contributed by atoms with Gasteiger partial charge in [-0.1, -0.05) is 34.8 Å². The van der Waals surface area contributed by atoms with E-state index in [1.807, 2.05) is 6.20 Å². The van der Waals surface area contributed by atoms with Crippen LogP contribution < -0.4 is 10.5 Å². The second-order valence-corrected chi connectivity index (χ2v) is 5.12. The van der Waals surface area contributed by atoms with Crippen LogP contribution in [0.25, 0.3) is 0 Å². The van der Waals surface area contributed by atoms with Gasteiger partial charge in [0, 0.05) is 25.2 Å². The third kappa shape index (κ3) is 3.93. The molecule has 102 valence electrons. The molecular formula is C12H12Cl3N3O. The molecule has 0 bridgehead atoms. The van der Waals surface area contributed by atoms with E-state index in [-0.39, 0.29) is 0 Å². The fourth-order valence-electron chi connectivity index (χ4n) is 1.53. The molecule has 1 aromatic heterocycles. The minimum absolute atomic E-state index is 0.408. The van der Waals surface area contributed by atoms with Gasteiger partial charge in [0.2, 0.25) is 0 Å². The smallest absolute Gasteiger partial charge is 0.145 e. The molecular weight excluding hydrogens is 309 g/mol. The van der Waals surface area contributed by atoms with Crippen LogP contribution in [-0.4, -0.2) is 16.4 Å². The largest absolute Gasteiger partial charge is 0.492 e. The number of ether oxygens (including phenoxy) is 1. The van der Waals surface area contributed by atoms with Gasteiger partial charge in [0.25, 0.3) is 0 Å². The summed E-state index contributed by atoms with van der Waals surface area (Å²) in [4.78, 5) is 0. The van der Waals surface area contributed by atoms with Crippen LogP contribution in [0.15, 0.2) is 24.4 Å². The van der Waals surface area contributed by atoms with Gasteiger partial charge < -0.3 is 10.5 Å². The molecule has 0 amide bonds. The molecule has 0 atom stereocenters. The van der Waals surface area contributed by atoms with Gasteiger partial charge in [-0.25, -0.2) is 0 Å². The highest BCUT2D eigenvalue weighted by Crippen LogP contribution is 2.33. The number of rotatable bonds is 5. The summed E-state index contributed by atoms with van der Waals surface area (Å²) in [7, 11) is 0. The number of halogens is 3. The van der Waals surface area contributed by atoms with E-state index >= 15 is 0 Å². The van der Waals surface area contributed by atoms with Gasteiger partial charge in [0.05, 0.1) is 21.7 Å². The van der Waals surface area contributed by atoms with Crippen molar-refractivity contribution in [3.63, 3.8) is 0 Å². The zero-order chi connectivity index (χ0) is 13.8. The number of nitrogens with zero attached hydrogens (tertiary/aromatic N) is 2. The summed E-state index contributed by atoms with van der Waals surface area (Å²) in [5, 5.41) is 5.34. The van der Waals surface area contributed by atoms with Crippen molar-refractivity contribution in [2.45, 2.75) is 13.0 Å². The molecule has 0 aliphatic heterocycles. The Bertz CT molecular complexity index is 571. The molecule has 0 spiro atoms. The van der Waals surface area contributed by atoms with E-state index in [9.17, 15) is 0 Å². The summed E-state index contributed by atoms with van der Waals surface area (Å²) >= 11 is 17.7. The summed E-state index contributed by atoms with van der Waals surface area (Å²) in [6.45, 7) is 1.22. The van der Waals surface area contributed by atoms with Gasteiger partial charge in [-0.05, 0) is 12.1 Å². The monoisotopic (exact) mass is 319 g/mol. The Kier molecular flexibility index (Phi) is 4.80. The van der Waals surface area contributed by atoms with Crippen molar-refractivity contribution in [2.24, 2.45) is 0 Å². The third-order valence-electron chi connectivity index (χ3n) is 2.43. The molecule has 0 radical (unpaired) electrons. The predicted octanol–water partition coefficient (Wildman–Crippen LogP) is 3.89. The lowest BCUT2D eigenvalue weighted by Crippen LogP contribution is -2.05. The maximum absolute atomic E-state index is 6.00. The average Bonchev–Trinajstić information content (AvgIpc) is 2.77. The van der Waals surface area contributed by atoms with Crippen molar-refractivity contribution in [1.29, 1.82) is 0 Å². The number of aryl methyl sites for hydroxylation is 1. The van der Waals surface area contributed by atoms with Crippen LogP contribution >= 0.6 is 34.8 Å². The van der Waals surface area contributed by atoms with E-state index in [0.29, 0.717) is 33.2 Å². The molecule has 0 saturated carbocycles. The van der Waals surface area contributed by atoms with E-state index in [1.54, 1.807) is 22.9 Å². The minimum atomic E-state index is 0.408. The third-order valence-corrected chi connectivity index (χ3v) is 3.44. The number of nitrogen functional groups attached to an aromatic ring is 1. The van der Waals surface area contributed by atoms with Crippen molar-refractivity contribution in [3.8, 4) is 5.75 Å². The van der Waals surface area contributed by atoms with Crippen molar-refractivity contribution < 1.29 is 4.74 Å². The van der Waals surface area contributed by atoms with Gasteiger partial charge in [0.15, 0.2) is 0 Å². The lowest BCUT2D eigenvalue weighted by atomic mass is 10.3. The van der Waals surface area contributed by atoms with Crippen LogP contribution in [-0.2, 0) is 6.54 Å². The average molecular weight is 321 g/mol. The second-order valence-electron chi connectivity index (χ2n) is 3.90. The summed E-state index contributed by atoms with van der Waals surface area (Å²) < 4.78 is 7.31. The number of anilines is 1. The van der Waals surface area contributed by atoms with Gasteiger partial charge >= 0.3 is 0 Å². The van der Waals surface area contributed by atoms with Crippen LogP contribution in [0.1, 0.15) is 6.42 Å². The molecule has 2 rings (SSSR count). The Morgan fingerprint density at radius 2 is 1.89 bits per heavy atom.